The molecule has 2 rings (SSSR count). The zero-order chi connectivity index (χ0) is 11.9. The van der Waals surface area contributed by atoms with E-state index in [4.69, 9.17) is 4.74 Å². The summed E-state index contributed by atoms with van der Waals surface area (Å²) in [5.74, 6) is 1.32. The summed E-state index contributed by atoms with van der Waals surface area (Å²) >= 11 is 0. The van der Waals surface area contributed by atoms with Crippen molar-refractivity contribution in [1.82, 2.24) is 10.2 Å². The third-order valence-corrected chi connectivity index (χ3v) is 3.40. The van der Waals surface area contributed by atoms with Crippen LogP contribution in [0.2, 0.25) is 0 Å². The van der Waals surface area contributed by atoms with Gasteiger partial charge in [0.15, 0.2) is 0 Å². The molecule has 3 atom stereocenters. The smallest absolute Gasteiger partial charge is 0.407 e. The van der Waals surface area contributed by atoms with Gasteiger partial charge < -0.3 is 15.0 Å². The molecule has 0 aromatic rings. The number of carbonyl (C=O) groups excluding carboxylic acids is 1. The van der Waals surface area contributed by atoms with Crippen LogP contribution in [-0.2, 0) is 4.74 Å². The number of likely N-dealkylation sites (tertiary alicyclic amines) is 1. The molecule has 0 radical (unpaired) electrons. The van der Waals surface area contributed by atoms with E-state index < -0.39 is 5.60 Å². The van der Waals surface area contributed by atoms with E-state index in [1.807, 2.05) is 20.8 Å². The molecule has 0 bridgehead atoms. The normalized spacial score (nSPS) is 33.4. The molecule has 1 unspecified atom stereocenters. The van der Waals surface area contributed by atoms with E-state index in [0.29, 0.717) is 17.9 Å². The number of carbonyl (C=O) groups is 1. The van der Waals surface area contributed by atoms with Gasteiger partial charge in [-0.2, -0.15) is 0 Å². The first-order valence-corrected chi connectivity index (χ1v) is 6.12. The Morgan fingerprint density at radius 1 is 1.38 bits per heavy atom. The van der Waals surface area contributed by atoms with Crippen LogP contribution >= 0.6 is 0 Å². The Morgan fingerprint density at radius 3 is 2.38 bits per heavy atom. The zero-order valence-corrected chi connectivity index (χ0v) is 10.6. The molecule has 1 saturated carbocycles. The summed E-state index contributed by atoms with van der Waals surface area (Å²) < 4.78 is 5.24. The number of hydrogen-bond acceptors (Lipinski definition) is 3. The predicted molar refractivity (Wildman–Crippen MR) is 62.3 cm³/mol. The van der Waals surface area contributed by atoms with E-state index in [1.165, 1.54) is 0 Å². The number of nitrogens with one attached hydrogen (secondary N) is 1. The van der Waals surface area contributed by atoms with Crippen LogP contribution < -0.4 is 5.32 Å². The lowest BCUT2D eigenvalue weighted by atomic mass is 10.2. The second-order valence-corrected chi connectivity index (χ2v) is 5.85. The fraction of sp³-hybridized carbons (Fsp3) is 0.917. The van der Waals surface area contributed by atoms with Gasteiger partial charge in [0, 0.05) is 19.1 Å². The van der Waals surface area contributed by atoms with Crippen LogP contribution in [0.4, 0.5) is 4.79 Å². The molecule has 1 aliphatic carbocycles. The molecule has 4 heteroatoms. The van der Waals surface area contributed by atoms with E-state index >= 15 is 0 Å². The minimum absolute atomic E-state index is 0.269. The molecule has 1 N–H and O–H groups in total. The highest BCUT2D eigenvalue weighted by atomic mass is 16.6. The summed E-state index contributed by atoms with van der Waals surface area (Å²) in [6.07, 6.45) is -0.269. The van der Waals surface area contributed by atoms with Gasteiger partial charge in [-0.15, -0.1) is 0 Å². The number of nitrogens with zero attached hydrogens (tertiary/aromatic N) is 1. The molecule has 92 valence electrons. The van der Waals surface area contributed by atoms with Crippen LogP contribution in [0.5, 0.6) is 0 Å². The average molecular weight is 226 g/mol. The molecule has 1 saturated heterocycles. The minimum atomic E-state index is -0.399. The van der Waals surface area contributed by atoms with Crippen molar-refractivity contribution in [3.05, 3.63) is 0 Å². The van der Waals surface area contributed by atoms with Gasteiger partial charge in [0.1, 0.15) is 5.60 Å². The molecule has 2 fully saturated rings. The number of amides is 1. The van der Waals surface area contributed by atoms with Crippen molar-refractivity contribution in [2.45, 2.75) is 39.3 Å². The number of rotatable bonds is 2. The monoisotopic (exact) mass is 226 g/mol. The van der Waals surface area contributed by atoms with Gasteiger partial charge >= 0.3 is 6.09 Å². The fourth-order valence-corrected chi connectivity index (χ4v) is 2.53. The quantitative estimate of drug-likeness (QED) is 0.775. The van der Waals surface area contributed by atoms with Gasteiger partial charge in [-0.25, -0.2) is 4.79 Å². The van der Waals surface area contributed by atoms with E-state index in [-0.39, 0.29) is 6.09 Å². The maximum atomic E-state index is 11.5. The second kappa shape index (κ2) is 3.91. The van der Waals surface area contributed by atoms with Crippen LogP contribution in [0.3, 0.4) is 0 Å². The van der Waals surface area contributed by atoms with Crippen LogP contribution in [-0.4, -0.2) is 42.3 Å². The predicted octanol–water partition coefficient (Wildman–Crippen LogP) is 1.46. The fourth-order valence-electron chi connectivity index (χ4n) is 2.53. The van der Waals surface area contributed by atoms with Gasteiger partial charge in [0.2, 0.25) is 0 Å². The molecule has 1 amide bonds. The highest BCUT2D eigenvalue weighted by Crippen LogP contribution is 2.45. The molecule has 4 nitrogen and oxygen atoms in total. The zero-order valence-electron chi connectivity index (χ0n) is 10.6. The maximum absolute atomic E-state index is 11.5. The molecular weight excluding hydrogens is 204 g/mol. The van der Waals surface area contributed by atoms with Crippen molar-refractivity contribution in [3.63, 3.8) is 0 Å². The van der Waals surface area contributed by atoms with Crippen molar-refractivity contribution in [2.24, 2.45) is 11.8 Å². The molecular formula is C12H22N2O2. The molecule has 2 aliphatic rings. The largest absolute Gasteiger partial charge is 0.444 e. The van der Waals surface area contributed by atoms with E-state index in [9.17, 15) is 4.79 Å². The molecule has 1 heterocycles. The van der Waals surface area contributed by atoms with Gasteiger partial charge in [-0.3, -0.25) is 0 Å². The lowest BCUT2D eigenvalue weighted by molar-refractivity contribution is 0.0514. The lowest BCUT2D eigenvalue weighted by Gasteiger charge is -2.21. The van der Waals surface area contributed by atoms with Crippen molar-refractivity contribution in [3.8, 4) is 0 Å². The minimum Gasteiger partial charge on any atom is -0.444 e. The van der Waals surface area contributed by atoms with E-state index in [0.717, 1.165) is 19.6 Å². The van der Waals surface area contributed by atoms with Crippen LogP contribution in [0.1, 0.15) is 27.7 Å². The lowest BCUT2D eigenvalue weighted by Crippen LogP contribution is -2.38. The first kappa shape index (κ1) is 11.7. The van der Waals surface area contributed by atoms with Crippen LogP contribution in [0.25, 0.3) is 0 Å². The first-order chi connectivity index (χ1) is 7.40. The Labute approximate surface area is 97.3 Å². The summed E-state index contributed by atoms with van der Waals surface area (Å²) in [4.78, 5) is 14.0. The van der Waals surface area contributed by atoms with Crippen molar-refractivity contribution in [1.29, 1.82) is 0 Å². The molecule has 0 aromatic heterocycles. The number of hydrogen-bond donors (Lipinski definition) is 1. The first-order valence-electron chi connectivity index (χ1n) is 6.12. The third kappa shape index (κ3) is 2.48. The highest BCUT2D eigenvalue weighted by molar-refractivity contribution is 5.68. The Balaban J connectivity index is 1.73. The number of ether oxygens (including phenoxy) is 1. The van der Waals surface area contributed by atoms with Gasteiger partial charge in [0.25, 0.3) is 0 Å². The highest BCUT2D eigenvalue weighted by Gasteiger charge is 2.56. The Bertz CT molecular complexity index is 273. The summed E-state index contributed by atoms with van der Waals surface area (Å²) in [6.45, 7) is 11.2. The van der Waals surface area contributed by atoms with Crippen LogP contribution in [0.15, 0.2) is 0 Å². The van der Waals surface area contributed by atoms with Crippen molar-refractivity contribution < 1.29 is 9.53 Å². The maximum Gasteiger partial charge on any atom is 0.407 e. The van der Waals surface area contributed by atoms with Crippen LogP contribution in [0, 0.1) is 11.8 Å². The number of alkyl carbamates (subject to hydrolysis) is 1. The van der Waals surface area contributed by atoms with Crippen molar-refractivity contribution in [2.75, 3.05) is 19.6 Å². The van der Waals surface area contributed by atoms with E-state index in [2.05, 4.69) is 17.1 Å². The Morgan fingerprint density at radius 2 is 1.94 bits per heavy atom. The van der Waals surface area contributed by atoms with Gasteiger partial charge in [-0.1, -0.05) is 6.92 Å². The summed E-state index contributed by atoms with van der Waals surface area (Å²) in [5, 5.41) is 2.97. The summed E-state index contributed by atoms with van der Waals surface area (Å²) in [7, 11) is 0. The second-order valence-electron chi connectivity index (χ2n) is 5.85. The Kier molecular flexibility index (Phi) is 2.86. The molecule has 16 heavy (non-hydrogen) atoms. The number of piperidine rings is 1. The summed E-state index contributed by atoms with van der Waals surface area (Å²) in [6, 6.07) is 0.359. The molecule has 0 aromatic carbocycles. The van der Waals surface area contributed by atoms with Crippen molar-refractivity contribution >= 4 is 6.09 Å². The third-order valence-electron chi connectivity index (χ3n) is 3.40. The Hall–Kier alpha value is -0.770. The number of fused-ring (bicyclic) bond motifs is 1. The SMILES string of the molecule is CCN1C[C@@H]2C(NC(=O)OC(C)(C)C)[C@@H]2C1. The average Bonchev–Trinajstić information content (AvgIpc) is 2.60. The standard InChI is InChI=1S/C12H22N2O2/c1-5-14-6-8-9(7-14)10(8)13-11(15)16-12(2,3)4/h8-10H,5-7H2,1-4H3,(H,13,15)/t8-,9+,10?. The van der Waals surface area contributed by atoms with E-state index in [1.54, 1.807) is 0 Å². The summed E-state index contributed by atoms with van der Waals surface area (Å²) in [5.41, 5.74) is -0.399. The van der Waals surface area contributed by atoms with Gasteiger partial charge in [0.05, 0.1) is 0 Å². The van der Waals surface area contributed by atoms with Gasteiger partial charge in [-0.05, 0) is 39.2 Å². The molecule has 1 aliphatic heterocycles. The molecule has 0 spiro atoms. The topological polar surface area (TPSA) is 41.6 Å².